The van der Waals surface area contributed by atoms with Crippen LogP contribution in [0.15, 0.2) is 6.20 Å². The first-order valence-electron chi connectivity index (χ1n) is 3.96. The van der Waals surface area contributed by atoms with Gasteiger partial charge in [-0.25, -0.2) is 0 Å². The van der Waals surface area contributed by atoms with Gasteiger partial charge in [0.15, 0.2) is 0 Å². The van der Waals surface area contributed by atoms with E-state index in [0.29, 0.717) is 0 Å². The van der Waals surface area contributed by atoms with E-state index in [9.17, 15) is 5.11 Å². The van der Waals surface area contributed by atoms with Crippen LogP contribution in [0.25, 0.3) is 0 Å². The molecule has 0 radical (unpaired) electrons. The summed E-state index contributed by atoms with van der Waals surface area (Å²) in [6, 6.07) is 0. The van der Waals surface area contributed by atoms with Crippen LogP contribution in [0.5, 0.6) is 0 Å². The van der Waals surface area contributed by atoms with E-state index in [1.54, 1.807) is 0 Å². The number of hydrogen-bond donors (Lipinski definition) is 1. The van der Waals surface area contributed by atoms with Gasteiger partial charge in [-0.1, -0.05) is 0 Å². The Hall–Kier alpha value is -0.830. The molecule has 0 amide bonds. The molecule has 2 heterocycles. The Bertz CT molecular complexity index is 267. The average molecular weight is 152 g/mol. The highest BCUT2D eigenvalue weighted by Gasteiger charge is 2.18. The average Bonchev–Trinajstić information content (AvgIpc) is 2.33. The number of aromatic nitrogens is 2. The molecular weight excluding hydrogens is 140 g/mol. The van der Waals surface area contributed by atoms with E-state index in [0.717, 1.165) is 19.4 Å². The van der Waals surface area contributed by atoms with Gasteiger partial charge in [0.2, 0.25) is 0 Å². The van der Waals surface area contributed by atoms with Crippen LogP contribution in [0.1, 0.15) is 17.7 Å². The molecule has 0 bridgehead atoms. The molecule has 11 heavy (non-hydrogen) atoms. The molecule has 3 nitrogen and oxygen atoms in total. The van der Waals surface area contributed by atoms with Crippen LogP contribution in [0, 0.1) is 6.92 Å². The maximum absolute atomic E-state index is 9.36. The van der Waals surface area contributed by atoms with E-state index in [1.807, 2.05) is 17.8 Å². The molecular formula is C8H12N2O. The number of rotatable bonds is 0. The van der Waals surface area contributed by atoms with Crippen molar-refractivity contribution in [1.29, 1.82) is 0 Å². The zero-order chi connectivity index (χ0) is 7.84. The molecule has 1 unspecified atom stereocenters. The minimum atomic E-state index is -0.155. The lowest BCUT2D eigenvalue weighted by atomic mass is 10.1. The summed E-state index contributed by atoms with van der Waals surface area (Å²) in [5, 5.41) is 13.6. The molecule has 60 valence electrons. The predicted molar refractivity (Wildman–Crippen MR) is 41.3 cm³/mol. The monoisotopic (exact) mass is 152 g/mol. The summed E-state index contributed by atoms with van der Waals surface area (Å²) < 4.78 is 1.99. The van der Waals surface area contributed by atoms with Crippen molar-refractivity contribution < 1.29 is 5.11 Å². The van der Waals surface area contributed by atoms with Gasteiger partial charge < -0.3 is 5.11 Å². The Kier molecular flexibility index (Phi) is 1.46. The molecule has 0 spiro atoms. The number of aliphatic hydroxyl groups excluding tert-OH is 1. The van der Waals surface area contributed by atoms with Crippen molar-refractivity contribution in [2.75, 3.05) is 0 Å². The first-order valence-corrected chi connectivity index (χ1v) is 3.96. The summed E-state index contributed by atoms with van der Waals surface area (Å²) >= 11 is 0. The van der Waals surface area contributed by atoms with E-state index < -0.39 is 0 Å². The lowest BCUT2D eigenvalue weighted by molar-refractivity contribution is 0.140. The first-order chi connectivity index (χ1) is 5.27. The van der Waals surface area contributed by atoms with Crippen LogP contribution in [-0.4, -0.2) is 21.0 Å². The number of hydrogen-bond acceptors (Lipinski definition) is 2. The molecule has 2 rings (SSSR count). The van der Waals surface area contributed by atoms with Gasteiger partial charge in [-0.2, -0.15) is 5.10 Å². The van der Waals surface area contributed by atoms with E-state index in [-0.39, 0.29) is 6.10 Å². The molecule has 0 aromatic carbocycles. The predicted octanol–water partition coefficient (Wildman–Crippen LogP) is 0.499. The minimum absolute atomic E-state index is 0.155. The molecule has 0 fully saturated rings. The molecule has 1 aromatic rings. The van der Waals surface area contributed by atoms with Crippen LogP contribution < -0.4 is 0 Å². The van der Waals surface area contributed by atoms with Gasteiger partial charge in [0, 0.05) is 18.7 Å². The van der Waals surface area contributed by atoms with Crippen molar-refractivity contribution >= 4 is 0 Å². The third kappa shape index (κ3) is 1.05. The van der Waals surface area contributed by atoms with Gasteiger partial charge in [0.1, 0.15) is 0 Å². The van der Waals surface area contributed by atoms with Crippen molar-refractivity contribution in [1.82, 2.24) is 9.78 Å². The number of aryl methyl sites for hydroxylation is 2. The molecule has 0 saturated heterocycles. The quantitative estimate of drug-likeness (QED) is 0.587. The highest BCUT2D eigenvalue weighted by Crippen LogP contribution is 2.17. The fourth-order valence-electron chi connectivity index (χ4n) is 1.56. The van der Waals surface area contributed by atoms with Crippen LogP contribution in [0.4, 0.5) is 0 Å². The zero-order valence-corrected chi connectivity index (χ0v) is 6.62. The smallest absolute Gasteiger partial charge is 0.0613 e. The third-order valence-electron chi connectivity index (χ3n) is 2.26. The molecule has 1 aromatic heterocycles. The Morgan fingerprint density at radius 2 is 2.55 bits per heavy atom. The van der Waals surface area contributed by atoms with Crippen LogP contribution in [0.2, 0.25) is 0 Å². The summed E-state index contributed by atoms with van der Waals surface area (Å²) in [5.41, 5.74) is 2.40. The Morgan fingerprint density at radius 3 is 3.36 bits per heavy atom. The molecule has 1 N–H and O–H groups in total. The third-order valence-corrected chi connectivity index (χ3v) is 2.26. The standard InChI is InChI=1S/C8H12N2O/c1-6-5-9-10-3-2-7(11)4-8(6)10/h5,7,11H,2-4H2,1H3. The van der Waals surface area contributed by atoms with E-state index in [4.69, 9.17) is 0 Å². The largest absolute Gasteiger partial charge is 0.393 e. The van der Waals surface area contributed by atoms with Crippen LogP contribution in [-0.2, 0) is 13.0 Å². The lowest BCUT2D eigenvalue weighted by Crippen LogP contribution is -2.23. The van der Waals surface area contributed by atoms with Gasteiger partial charge in [0.25, 0.3) is 0 Å². The first kappa shape index (κ1) is 6.85. The Balaban J connectivity index is 2.37. The van der Waals surface area contributed by atoms with Crippen LogP contribution in [0.3, 0.4) is 0 Å². The summed E-state index contributed by atoms with van der Waals surface area (Å²) in [4.78, 5) is 0. The maximum Gasteiger partial charge on any atom is 0.0613 e. The molecule has 1 aliphatic heterocycles. The Labute approximate surface area is 65.7 Å². The molecule has 3 heteroatoms. The second kappa shape index (κ2) is 2.34. The molecule has 0 saturated carbocycles. The van der Waals surface area contributed by atoms with E-state index in [2.05, 4.69) is 5.10 Å². The normalized spacial score (nSPS) is 23.3. The topological polar surface area (TPSA) is 38.0 Å². The second-order valence-electron chi connectivity index (χ2n) is 3.14. The van der Waals surface area contributed by atoms with E-state index in [1.165, 1.54) is 11.3 Å². The molecule has 1 aliphatic rings. The van der Waals surface area contributed by atoms with Gasteiger partial charge >= 0.3 is 0 Å². The summed E-state index contributed by atoms with van der Waals surface area (Å²) in [7, 11) is 0. The summed E-state index contributed by atoms with van der Waals surface area (Å²) in [5.74, 6) is 0. The highest BCUT2D eigenvalue weighted by molar-refractivity contribution is 5.17. The fraction of sp³-hybridized carbons (Fsp3) is 0.625. The number of fused-ring (bicyclic) bond motifs is 1. The second-order valence-corrected chi connectivity index (χ2v) is 3.14. The van der Waals surface area contributed by atoms with Crippen molar-refractivity contribution in [3.63, 3.8) is 0 Å². The lowest BCUT2D eigenvalue weighted by Gasteiger charge is -2.19. The van der Waals surface area contributed by atoms with Gasteiger partial charge in [-0.3, -0.25) is 4.68 Å². The van der Waals surface area contributed by atoms with Gasteiger partial charge in [-0.05, 0) is 18.9 Å². The fourth-order valence-corrected chi connectivity index (χ4v) is 1.56. The number of aliphatic hydroxyl groups is 1. The zero-order valence-electron chi connectivity index (χ0n) is 6.62. The van der Waals surface area contributed by atoms with Crippen molar-refractivity contribution in [3.8, 4) is 0 Å². The number of nitrogens with zero attached hydrogens (tertiary/aromatic N) is 2. The van der Waals surface area contributed by atoms with Gasteiger partial charge in [-0.15, -0.1) is 0 Å². The molecule has 1 atom stereocenters. The van der Waals surface area contributed by atoms with Crippen molar-refractivity contribution in [2.45, 2.75) is 32.4 Å². The van der Waals surface area contributed by atoms with Gasteiger partial charge in [0.05, 0.1) is 12.3 Å². The minimum Gasteiger partial charge on any atom is -0.393 e. The Morgan fingerprint density at radius 1 is 1.73 bits per heavy atom. The summed E-state index contributed by atoms with van der Waals surface area (Å²) in [6.07, 6.45) is 3.32. The van der Waals surface area contributed by atoms with Crippen molar-refractivity contribution in [3.05, 3.63) is 17.5 Å². The SMILES string of the molecule is Cc1cnn2c1CC(O)CC2. The van der Waals surface area contributed by atoms with E-state index >= 15 is 0 Å². The summed E-state index contributed by atoms with van der Waals surface area (Å²) in [6.45, 7) is 2.90. The maximum atomic E-state index is 9.36. The highest BCUT2D eigenvalue weighted by atomic mass is 16.3. The molecule has 0 aliphatic carbocycles. The van der Waals surface area contributed by atoms with Crippen LogP contribution >= 0.6 is 0 Å². The van der Waals surface area contributed by atoms with Crippen molar-refractivity contribution in [2.24, 2.45) is 0 Å².